The van der Waals surface area contributed by atoms with E-state index >= 15 is 0 Å². The van der Waals surface area contributed by atoms with E-state index in [4.69, 9.17) is 14.0 Å². The van der Waals surface area contributed by atoms with Crippen LogP contribution in [0.2, 0.25) is 0 Å². The van der Waals surface area contributed by atoms with E-state index in [1.54, 1.807) is 0 Å². The van der Waals surface area contributed by atoms with Crippen LogP contribution in [0.4, 0.5) is 0 Å². The van der Waals surface area contributed by atoms with Crippen LogP contribution in [0.1, 0.15) is 11.0 Å². The lowest BCUT2D eigenvalue weighted by molar-refractivity contribution is -0.253. The van der Waals surface area contributed by atoms with Gasteiger partial charge in [-0.25, -0.2) is 0 Å². The molecule has 1 heterocycles. The van der Waals surface area contributed by atoms with Crippen LogP contribution in [-0.4, -0.2) is 63.6 Å². The highest BCUT2D eigenvalue weighted by Gasteiger charge is 2.43. The van der Waals surface area contributed by atoms with Crippen LogP contribution in [-0.2, 0) is 9.53 Å². The van der Waals surface area contributed by atoms with Gasteiger partial charge in [-0.05, 0) is 0 Å². The molecule has 5 atom stereocenters. The van der Waals surface area contributed by atoms with Crippen molar-refractivity contribution in [3.05, 3.63) is 0 Å². The third-order valence-corrected chi connectivity index (χ3v) is 2.20. The van der Waals surface area contributed by atoms with E-state index in [2.05, 4.69) is 0 Å². The number of nitrogens with one attached hydrogen (secondary N) is 1. The van der Waals surface area contributed by atoms with Crippen LogP contribution in [0.15, 0.2) is 0 Å². The monoisotopic (exact) mass is 224 g/mol. The van der Waals surface area contributed by atoms with E-state index in [9.17, 15) is 20.1 Å². The molecule has 15 heavy (non-hydrogen) atoms. The first kappa shape index (κ1) is 8.43. The van der Waals surface area contributed by atoms with E-state index in [0.717, 1.165) is 0 Å². The fraction of sp³-hybridized carbons (Fsp3) is 0.875. The van der Waals surface area contributed by atoms with E-state index in [1.165, 1.54) is 0 Å². The lowest BCUT2D eigenvalue weighted by Gasteiger charge is -2.40. The fourth-order valence-corrected chi connectivity index (χ4v) is 1.40. The molecule has 0 aliphatic carbocycles. The van der Waals surface area contributed by atoms with Gasteiger partial charge < -0.3 is 30.5 Å². The van der Waals surface area contributed by atoms with Crippen molar-refractivity contribution < 1.29 is 34.1 Å². The number of rotatable bonds is 2. The second-order valence-corrected chi connectivity index (χ2v) is 3.23. The van der Waals surface area contributed by atoms with Crippen LogP contribution in [0.5, 0.6) is 0 Å². The summed E-state index contributed by atoms with van der Waals surface area (Å²) in [6.07, 6.45) is -6.15. The molecule has 1 unspecified atom stereocenters. The van der Waals surface area contributed by atoms with Gasteiger partial charge in [-0.15, -0.1) is 0 Å². The van der Waals surface area contributed by atoms with E-state index in [1.807, 2.05) is 5.32 Å². The molecule has 1 amide bonds. The zero-order valence-corrected chi connectivity index (χ0v) is 7.70. The van der Waals surface area contributed by atoms with Crippen LogP contribution in [0, 0.1) is 0 Å². The minimum Gasteiger partial charge on any atom is -0.394 e. The largest absolute Gasteiger partial charge is 0.394 e. The molecule has 1 aliphatic rings. The predicted octanol–water partition coefficient (Wildman–Crippen LogP) is -3.08. The SMILES string of the molecule is [2H]C([2H])([2H])C(=O)N[C@@H]1C(O)O[C@H](CO)[C@@H](O)[C@@H]1O. The van der Waals surface area contributed by atoms with Crippen LogP contribution < -0.4 is 5.32 Å². The predicted molar refractivity (Wildman–Crippen MR) is 47.6 cm³/mol. The molecule has 0 saturated carbocycles. The van der Waals surface area contributed by atoms with Crippen LogP contribution in [0.3, 0.4) is 0 Å². The topological polar surface area (TPSA) is 119 Å². The molecule has 0 spiro atoms. The fourth-order valence-electron chi connectivity index (χ4n) is 1.40. The quantitative estimate of drug-likeness (QED) is 0.339. The molecule has 0 radical (unpaired) electrons. The standard InChI is InChI=1S/C8H15NO6/c1-3(11)9-5-7(13)6(12)4(2-10)15-8(5)14/h4-8,10,12-14H,2H2,1H3,(H,9,11)/t4-,5+,6-,7-,8?/m1/s1/i1D3. The van der Waals surface area contributed by atoms with Crippen molar-refractivity contribution >= 4 is 5.91 Å². The van der Waals surface area contributed by atoms with Crippen molar-refractivity contribution in [1.82, 2.24) is 5.32 Å². The summed E-state index contributed by atoms with van der Waals surface area (Å²) in [5.74, 6) is -1.39. The third-order valence-electron chi connectivity index (χ3n) is 2.20. The molecule has 1 fully saturated rings. The molecule has 0 bridgehead atoms. The molecule has 0 aromatic rings. The van der Waals surface area contributed by atoms with Gasteiger partial charge in [0.15, 0.2) is 6.29 Å². The lowest BCUT2D eigenvalue weighted by atomic mass is 9.97. The summed E-state index contributed by atoms with van der Waals surface area (Å²) in [5.41, 5.74) is 0. The highest BCUT2D eigenvalue weighted by Crippen LogP contribution is 2.19. The highest BCUT2D eigenvalue weighted by molar-refractivity contribution is 5.73. The molecule has 1 saturated heterocycles. The molecule has 5 N–H and O–H groups in total. The minimum atomic E-state index is -2.95. The van der Waals surface area contributed by atoms with Crippen molar-refractivity contribution in [1.29, 1.82) is 0 Å². The van der Waals surface area contributed by atoms with E-state index < -0.39 is 50.0 Å². The number of amides is 1. The second kappa shape index (κ2) is 4.86. The summed E-state index contributed by atoms with van der Waals surface area (Å²) < 4.78 is 25.2. The Labute approximate surface area is 90.5 Å². The van der Waals surface area contributed by atoms with Crippen molar-refractivity contribution in [3.8, 4) is 0 Å². The summed E-state index contributed by atoms with van der Waals surface area (Å²) in [6.45, 7) is -3.59. The number of ether oxygens (including phenoxy) is 1. The summed E-state index contributed by atoms with van der Waals surface area (Å²) in [4.78, 5) is 11.2. The molecule has 7 nitrogen and oxygen atoms in total. The lowest BCUT2D eigenvalue weighted by Crippen LogP contribution is -2.63. The zero-order valence-electron chi connectivity index (χ0n) is 10.7. The van der Waals surface area contributed by atoms with Crippen molar-refractivity contribution in [2.75, 3.05) is 6.61 Å². The number of hydrogen-bond donors (Lipinski definition) is 5. The molecule has 1 rings (SSSR count). The number of carbonyl (C=O) groups excluding carboxylic acids is 1. The van der Waals surface area contributed by atoms with Crippen LogP contribution in [0.25, 0.3) is 0 Å². The molecular formula is C8H15NO6. The molecule has 0 aromatic heterocycles. The normalized spacial score (nSPS) is 45.1. The highest BCUT2D eigenvalue weighted by atomic mass is 16.6. The minimum absolute atomic E-state index is 0.644. The maximum absolute atomic E-state index is 11.2. The average molecular weight is 224 g/mol. The first-order chi connectivity index (χ1) is 8.18. The van der Waals surface area contributed by atoms with Gasteiger partial charge in [0.2, 0.25) is 5.91 Å². The Balaban J connectivity index is 2.74. The maximum atomic E-state index is 11.2. The van der Waals surface area contributed by atoms with Crippen molar-refractivity contribution in [3.63, 3.8) is 0 Å². The first-order valence-electron chi connectivity index (χ1n) is 5.80. The second-order valence-electron chi connectivity index (χ2n) is 3.23. The average Bonchev–Trinajstić information content (AvgIpc) is 2.27. The summed E-state index contributed by atoms with van der Waals surface area (Å²) in [5, 5.41) is 39.3. The van der Waals surface area contributed by atoms with Gasteiger partial charge in [-0.1, -0.05) is 0 Å². The summed E-state index contributed by atoms with van der Waals surface area (Å²) in [6, 6.07) is -1.49. The van der Waals surface area contributed by atoms with Crippen molar-refractivity contribution in [2.45, 2.75) is 37.5 Å². The Morgan fingerprint density at radius 2 is 2.13 bits per heavy atom. The van der Waals surface area contributed by atoms with Crippen molar-refractivity contribution in [2.24, 2.45) is 0 Å². The van der Waals surface area contributed by atoms with Gasteiger partial charge in [-0.2, -0.15) is 0 Å². The third kappa shape index (κ3) is 2.64. The maximum Gasteiger partial charge on any atom is 0.217 e. The Morgan fingerprint density at radius 1 is 1.47 bits per heavy atom. The van der Waals surface area contributed by atoms with E-state index in [0.29, 0.717) is 0 Å². The van der Waals surface area contributed by atoms with Gasteiger partial charge in [-0.3, -0.25) is 4.79 Å². The molecule has 88 valence electrons. The molecular weight excluding hydrogens is 206 g/mol. The number of aliphatic hydroxyl groups excluding tert-OH is 4. The van der Waals surface area contributed by atoms with Gasteiger partial charge in [0.05, 0.1) is 6.61 Å². The number of hydrogen-bond acceptors (Lipinski definition) is 6. The Bertz CT molecular complexity index is 312. The number of aliphatic hydroxyl groups is 4. The smallest absolute Gasteiger partial charge is 0.217 e. The van der Waals surface area contributed by atoms with Gasteiger partial charge >= 0.3 is 0 Å². The number of carbonyl (C=O) groups is 1. The van der Waals surface area contributed by atoms with Gasteiger partial charge in [0.1, 0.15) is 24.4 Å². The Hall–Kier alpha value is -0.730. The van der Waals surface area contributed by atoms with Gasteiger partial charge in [0.25, 0.3) is 0 Å². The summed E-state index contributed by atoms with van der Waals surface area (Å²) >= 11 is 0. The first-order valence-corrected chi connectivity index (χ1v) is 4.30. The Kier molecular flexibility index (Phi) is 2.73. The van der Waals surface area contributed by atoms with Gasteiger partial charge in [0, 0.05) is 11.0 Å². The van der Waals surface area contributed by atoms with Crippen LogP contribution >= 0.6 is 0 Å². The molecule has 7 heteroatoms. The molecule has 1 aliphatic heterocycles. The van der Waals surface area contributed by atoms with E-state index in [-0.39, 0.29) is 0 Å². The molecule has 0 aromatic carbocycles. The Morgan fingerprint density at radius 3 is 2.67 bits per heavy atom. The summed E-state index contributed by atoms with van der Waals surface area (Å²) in [7, 11) is 0. The zero-order chi connectivity index (χ0) is 14.1.